The number of thioether (sulfide) groups is 1. The molecule has 0 saturated carbocycles. The summed E-state index contributed by atoms with van der Waals surface area (Å²) in [5, 5.41) is 7.91. The smallest absolute Gasteiger partial charge is 0.234 e. The molecule has 1 N–H and O–H groups in total. The van der Waals surface area contributed by atoms with Crippen molar-refractivity contribution >= 4 is 28.9 Å². The number of benzene rings is 2. The van der Waals surface area contributed by atoms with Crippen molar-refractivity contribution in [3.05, 3.63) is 77.9 Å². The van der Waals surface area contributed by atoms with Gasteiger partial charge in [-0.1, -0.05) is 36.0 Å². The number of amides is 1. The van der Waals surface area contributed by atoms with E-state index in [1.807, 2.05) is 12.1 Å². The summed E-state index contributed by atoms with van der Waals surface area (Å²) in [7, 11) is 0. The van der Waals surface area contributed by atoms with E-state index < -0.39 is 5.82 Å². The van der Waals surface area contributed by atoms with Gasteiger partial charge in [0, 0.05) is 18.0 Å². The average molecular weight is 406 g/mol. The van der Waals surface area contributed by atoms with E-state index >= 15 is 0 Å². The SMILES string of the molecule is Cc1ccc(-c2cc3c(SCC(=O)Nc4ccccc4F)nccn3n2)cc1C. The Morgan fingerprint density at radius 3 is 2.76 bits per heavy atom. The molecular weight excluding hydrogens is 387 g/mol. The zero-order valence-electron chi connectivity index (χ0n) is 16.0. The van der Waals surface area contributed by atoms with Crippen molar-refractivity contribution in [3.63, 3.8) is 0 Å². The highest BCUT2D eigenvalue weighted by atomic mass is 32.2. The lowest BCUT2D eigenvalue weighted by Gasteiger charge is -2.06. The molecule has 4 rings (SSSR count). The number of carbonyl (C=O) groups is 1. The van der Waals surface area contributed by atoms with Crippen molar-refractivity contribution in [1.29, 1.82) is 0 Å². The van der Waals surface area contributed by atoms with Crippen molar-refractivity contribution in [2.24, 2.45) is 0 Å². The third-order valence-corrected chi connectivity index (χ3v) is 5.64. The first kappa shape index (κ1) is 19.1. The van der Waals surface area contributed by atoms with E-state index in [2.05, 4.69) is 41.4 Å². The Morgan fingerprint density at radius 2 is 1.97 bits per heavy atom. The molecule has 7 heteroatoms. The van der Waals surface area contributed by atoms with Crippen LogP contribution in [0.1, 0.15) is 11.1 Å². The van der Waals surface area contributed by atoms with Crippen LogP contribution in [0.2, 0.25) is 0 Å². The monoisotopic (exact) mass is 406 g/mol. The van der Waals surface area contributed by atoms with E-state index in [0.29, 0.717) is 5.03 Å². The molecule has 0 aliphatic heterocycles. The maximum atomic E-state index is 13.7. The largest absolute Gasteiger partial charge is 0.323 e. The van der Waals surface area contributed by atoms with Gasteiger partial charge in [-0.3, -0.25) is 4.79 Å². The van der Waals surface area contributed by atoms with Crippen LogP contribution in [0.4, 0.5) is 10.1 Å². The molecule has 0 unspecified atom stereocenters. The second-order valence-corrected chi connectivity index (χ2v) is 7.67. The molecular formula is C22H19FN4OS. The molecule has 0 fully saturated rings. The Labute approximate surface area is 172 Å². The Balaban J connectivity index is 1.53. The van der Waals surface area contributed by atoms with Crippen LogP contribution < -0.4 is 5.32 Å². The highest BCUT2D eigenvalue weighted by Crippen LogP contribution is 2.27. The van der Waals surface area contributed by atoms with Crippen molar-refractivity contribution < 1.29 is 9.18 Å². The molecule has 0 aliphatic rings. The fraction of sp³-hybridized carbons (Fsp3) is 0.136. The van der Waals surface area contributed by atoms with Crippen LogP contribution in [0.25, 0.3) is 16.8 Å². The minimum Gasteiger partial charge on any atom is -0.323 e. The Morgan fingerprint density at radius 1 is 1.14 bits per heavy atom. The van der Waals surface area contributed by atoms with Crippen LogP contribution in [0.5, 0.6) is 0 Å². The minimum atomic E-state index is -0.458. The summed E-state index contributed by atoms with van der Waals surface area (Å²) in [4.78, 5) is 16.6. The summed E-state index contributed by atoms with van der Waals surface area (Å²) in [5.74, 6) is -0.636. The lowest BCUT2D eigenvalue weighted by atomic mass is 10.0. The van der Waals surface area contributed by atoms with Gasteiger partial charge >= 0.3 is 0 Å². The van der Waals surface area contributed by atoms with Gasteiger partial charge in [0.05, 0.1) is 22.7 Å². The fourth-order valence-corrected chi connectivity index (χ4v) is 3.71. The van der Waals surface area contributed by atoms with Gasteiger partial charge in [0.15, 0.2) is 0 Å². The van der Waals surface area contributed by atoms with Gasteiger partial charge in [-0.2, -0.15) is 5.10 Å². The van der Waals surface area contributed by atoms with E-state index in [9.17, 15) is 9.18 Å². The maximum absolute atomic E-state index is 13.7. The van der Waals surface area contributed by atoms with Crippen molar-refractivity contribution in [3.8, 4) is 11.3 Å². The van der Waals surface area contributed by atoms with E-state index in [4.69, 9.17) is 0 Å². The summed E-state index contributed by atoms with van der Waals surface area (Å²) >= 11 is 1.29. The third-order valence-electron chi connectivity index (χ3n) is 4.65. The van der Waals surface area contributed by atoms with Gasteiger partial charge in [-0.05, 0) is 49.2 Å². The lowest BCUT2D eigenvalue weighted by molar-refractivity contribution is -0.113. The Hall–Kier alpha value is -3.19. The summed E-state index contributed by atoms with van der Waals surface area (Å²) in [6.07, 6.45) is 3.44. The van der Waals surface area contributed by atoms with Crippen LogP contribution in [-0.2, 0) is 4.79 Å². The molecule has 4 aromatic rings. The zero-order valence-corrected chi connectivity index (χ0v) is 16.8. The maximum Gasteiger partial charge on any atom is 0.234 e. The number of nitrogens with one attached hydrogen (secondary N) is 1. The second kappa shape index (κ2) is 8.05. The molecule has 0 bridgehead atoms. The number of para-hydroxylation sites is 1. The number of aryl methyl sites for hydroxylation is 2. The number of nitrogens with zero attached hydrogens (tertiary/aromatic N) is 3. The summed E-state index contributed by atoms with van der Waals surface area (Å²) < 4.78 is 15.5. The van der Waals surface area contributed by atoms with Gasteiger partial charge < -0.3 is 5.32 Å². The van der Waals surface area contributed by atoms with E-state index in [-0.39, 0.29) is 17.3 Å². The topological polar surface area (TPSA) is 59.3 Å². The van der Waals surface area contributed by atoms with Crippen LogP contribution in [-0.4, -0.2) is 26.3 Å². The molecule has 146 valence electrons. The lowest BCUT2D eigenvalue weighted by Crippen LogP contribution is -2.15. The molecule has 5 nitrogen and oxygen atoms in total. The Bertz CT molecular complexity index is 1200. The number of hydrogen-bond donors (Lipinski definition) is 1. The van der Waals surface area contributed by atoms with E-state index in [1.165, 1.54) is 35.0 Å². The molecule has 2 aromatic carbocycles. The average Bonchev–Trinajstić information content (AvgIpc) is 3.15. The second-order valence-electron chi connectivity index (χ2n) is 6.71. The summed E-state index contributed by atoms with van der Waals surface area (Å²) in [5.41, 5.74) is 5.31. The molecule has 2 heterocycles. The van der Waals surface area contributed by atoms with Gasteiger partial charge in [0.1, 0.15) is 10.8 Å². The highest BCUT2D eigenvalue weighted by Gasteiger charge is 2.13. The quantitative estimate of drug-likeness (QED) is 0.480. The summed E-state index contributed by atoms with van der Waals surface area (Å²) in [6.45, 7) is 4.15. The number of rotatable bonds is 5. The van der Waals surface area contributed by atoms with Crippen LogP contribution in [0, 0.1) is 19.7 Å². The first-order valence-electron chi connectivity index (χ1n) is 9.10. The van der Waals surface area contributed by atoms with Crippen LogP contribution >= 0.6 is 11.8 Å². The molecule has 0 spiro atoms. The van der Waals surface area contributed by atoms with Gasteiger partial charge in [0.25, 0.3) is 0 Å². The number of aromatic nitrogens is 3. The molecule has 1 amide bonds. The highest BCUT2D eigenvalue weighted by molar-refractivity contribution is 8.00. The first-order valence-corrected chi connectivity index (χ1v) is 10.1. The zero-order chi connectivity index (χ0) is 20.4. The number of halogens is 1. The molecule has 0 radical (unpaired) electrons. The molecule has 2 aromatic heterocycles. The first-order chi connectivity index (χ1) is 14.0. The van der Waals surface area contributed by atoms with Gasteiger partial charge in [-0.15, -0.1) is 0 Å². The molecule has 0 atom stereocenters. The van der Waals surface area contributed by atoms with E-state index in [1.54, 1.807) is 29.0 Å². The predicted octanol–water partition coefficient (Wildman–Crippen LogP) is 4.88. The number of hydrogen-bond acceptors (Lipinski definition) is 4. The van der Waals surface area contributed by atoms with Crippen molar-refractivity contribution in [2.75, 3.05) is 11.1 Å². The fourth-order valence-electron chi connectivity index (χ4n) is 2.93. The molecule has 29 heavy (non-hydrogen) atoms. The van der Waals surface area contributed by atoms with E-state index in [0.717, 1.165) is 16.8 Å². The minimum absolute atomic E-state index is 0.116. The van der Waals surface area contributed by atoms with Gasteiger partial charge in [-0.25, -0.2) is 13.9 Å². The normalized spacial score (nSPS) is 11.0. The number of anilines is 1. The summed E-state index contributed by atoms with van der Waals surface area (Å²) in [6, 6.07) is 14.3. The number of carbonyl (C=O) groups excluding carboxylic acids is 1. The standard InChI is InChI=1S/C22H19FN4OS/c1-14-7-8-16(11-15(14)2)19-12-20-22(24-9-10-27(20)26-19)29-13-21(28)25-18-6-4-3-5-17(18)23/h3-12H,13H2,1-2H3,(H,25,28). The molecule has 0 aliphatic carbocycles. The third kappa shape index (κ3) is 4.14. The van der Waals surface area contributed by atoms with Crippen molar-refractivity contribution in [2.45, 2.75) is 18.9 Å². The Kier molecular flexibility index (Phi) is 5.31. The predicted molar refractivity (Wildman–Crippen MR) is 114 cm³/mol. The molecule has 0 saturated heterocycles. The van der Waals surface area contributed by atoms with Crippen LogP contribution in [0.15, 0.2) is 66.0 Å². The van der Waals surface area contributed by atoms with Crippen molar-refractivity contribution in [1.82, 2.24) is 14.6 Å². The number of fused-ring (bicyclic) bond motifs is 1. The van der Waals surface area contributed by atoms with Gasteiger partial charge in [0.2, 0.25) is 5.91 Å². The van der Waals surface area contributed by atoms with Crippen LogP contribution in [0.3, 0.4) is 0 Å².